The highest BCUT2D eigenvalue weighted by Crippen LogP contribution is 2.13. The summed E-state index contributed by atoms with van der Waals surface area (Å²) in [6, 6.07) is 19.6. The second-order valence-electron chi connectivity index (χ2n) is 5.95. The molecule has 2 aromatic carbocycles. The van der Waals surface area contributed by atoms with Gasteiger partial charge in [0.25, 0.3) is 5.91 Å². The van der Waals surface area contributed by atoms with Crippen molar-refractivity contribution < 1.29 is 9.59 Å². The second-order valence-corrected chi connectivity index (χ2v) is 6.39. The van der Waals surface area contributed by atoms with E-state index in [1.54, 1.807) is 36.5 Å². The van der Waals surface area contributed by atoms with Crippen LogP contribution in [0.5, 0.6) is 0 Å². The van der Waals surface area contributed by atoms with Crippen LogP contribution in [0.2, 0.25) is 5.02 Å². The minimum atomic E-state index is -0.357. The number of nitrogens with zero attached hydrogens (tertiary/aromatic N) is 1. The van der Waals surface area contributed by atoms with Crippen molar-refractivity contribution in [3.63, 3.8) is 0 Å². The molecule has 1 aromatic heterocycles. The van der Waals surface area contributed by atoms with E-state index in [1.807, 2.05) is 48.6 Å². The van der Waals surface area contributed by atoms with Gasteiger partial charge in [0.2, 0.25) is 5.91 Å². The van der Waals surface area contributed by atoms with Crippen LogP contribution in [0.1, 0.15) is 21.6 Å². The van der Waals surface area contributed by atoms with Crippen molar-refractivity contribution >= 4 is 41.3 Å². The normalized spacial score (nSPS) is 10.6. The fraction of sp³-hybridized carbons (Fsp3) is 0.0455. The van der Waals surface area contributed by atoms with Gasteiger partial charge in [-0.2, -0.15) is 0 Å². The standard InChI is InChI=1S/C22H18ClN3O2/c23-18-7-4-6-17(14-18)22(28)25-15-21(27)26-20-9-3-5-16(13-20)10-11-19-8-1-2-12-24-19/h1-14H,15H2,(H,25,28)(H,26,27)/b11-10+. The van der Waals surface area contributed by atoms with Crippen LogP contribution in [-0.4, -0.2) is 23.3 Å². The van der Waals surface area contributed by atoms with Crippen molar-refractivity contribution in [3.8, 4) is 0 Å². The van der Waals surface area contributed by atoms with E-state index in [9.17, 15) is 9.59 Å². The SMILES string of the molecule is O=C(CNC(=O)c1cccc(Cl)c1)Nc1cccc(/C=C/c2ccccn2)c1. The molecule has 28 heavy (non-hydrogen) atoms. The topological polar surface area (TPSA) is 71.1 Å². The Morgan fingerprint density at radius 2 is 1.82 bits per heavy atom. The van der Waals surface area contributed by atoms with E-state index >= 15 is 0 Å². The van der Waals surface area contributed by atoms with Crippen LogP contribution >= 0.6 is 11.6 Å². The van der Waals surface area contributed by atoms with Gasteiger partial charge in [-0.1, -0.05) is 41.9 Å². The number of carbonyl (C=O) groups is 2. The molecule has 0 unspecified atom stereocenters. The Hall–Kier alpha value is -3.44. The predicted octanol–water partition coefficient (Wildman–Crippen LogP) is 4.27. The fourth-order valence-corrected chi connectivity index (χ4v) is 2.66. The smallest absolute Gasteiger partial charge is 0.251 e. The van der Waals surface area contributed by atoms with Crippen molar-refractivity contribution in [3.05, 3.63) is 94.8 Å². The molecule has 0 aliphatic heterocycles. The zero-order valence-corrected chi connectivity index (χ0v) is 15.7. The molecule has 6 heteroatoms. The molecular formula is C22H18ClN3O2. The van der Waals surface area contributed by atoms with E-state index < -0.39 is 0 Å². The number of benzene rings is 2. The number of halogens is 1. The summed E-state index contributed by atoms with van der Waals surface area (Å²) >= 11 is 5.87. The molecule has 0 saturated carbocycles. The number of pyridine rings is 1. The van der Waals surface area contributed by atoms with Gasteiger partial charge < -0.3 is 10.6 Å². The summed E-state index contributed by atoms with van der Waals surface area (Å²) in [4.78, 5) is 28.4. The average Bonchev–Trinajstić information content (AvgIpc) is 2.71. The minimum absolute atomic E-state index is 0.140. The third-order valence-corrected chi connectivity index (χ3v) is 4.04. The highest BCUT2D eigenvalue weighted by Gasteiger charge is 2.08. The van der Waals surface area contributed by atoms with Crippen LogP contribution in [0.4, 0.5) is 5.69 Å². The monoisotopic (exact) mass is 391 g/mol. The van der Waals surface area contributed by atoms with Gasteiger partial charge in [0.1, 0.15) is 0 Å². The Morgan fingerprint density at radius 1 is 0.964 bits per heavy atom. The molecule has 0 spiro atoms. The van der Waals surface area contributed by atoms with Gasteiger partial charge in [-0.15, -0.1) is 0 Å². The van der Waals surface area contributed by atoms with Crippen LogP contribution in [0.3, 0.4) is 0 Å². The van der Waals surface area contributed by atoms with Gasteiger partial charge in [0, 0.05) is 22.5 Å². The summed E-state index contributed by atoms with van der Waals surface area (Å²) in [5.41, 5.74) is 2.82. The van der Waals surface area contributed by atoms with Crippen molar-refractivity contribution in [2.75, 3.05) is 11.9 Å². The Bertz CT molecular complexity index is 1000. The third-order valence-electron chi connectivity index (χ3n) is 3.80. The molecule has 0 radical (unpaired) electrons. The summed E-state index contributed by atoms with van der Waals surface area (Å²) in [5.74, 6) is -0.675. The molecule has 5 nitrogen and oxygen atoms in total. The van der Waals surface area contributed by atoms with Crippen LogP contribution in [0.15, 0.2) is 72.9 Å². The zero-order chi connectivity index (χ0) is 19.8. The van der Waals surface area contributed by atoms with Crippen LogP contribution < -0.4 is 10.6 Å². The first-order chi connectivity index (χ1) is 13.6. The van der Waals surface area contributed by atoms with E-state index in [1.165, 1.54) is 0 Å². The second kappa shape index (κ2) is 9.48. The lowest BCUT2D eigenvalue weighted by molar-refractivity contribution is -0.115. The maximum Gasteiger partial charge on any atom is 0.251 e. The highest BCUT2D eigenvalue weighted by atomic mass is 35.5. The molecule has 0 atom stereocenters. The van der Waals surface area contributed by atoms with Crippen molar-refractivity contribution in [2.24, 2.45) is 0 Å². The van der Waals surface area contributed by atoms with Gasteiger partial charge in [-0.05, 0) is 54.1 Å². The lowest BCUT2D eigenvalue weighted by atomic mass is 10.1. The molecule has 0 fully saturated rings. The molecule has 0 saturated heterocycles. The molecule has 3 rings (SSSR count). The molecule has 1 heterocycles. The van der Waals surface area contributed by atoms with Crippen LogP contribution in [-0.2, 0) is 4.79 Å². The first-order valence-electron chi connectivity index (χ1n) is 8.63. The highest BCUT2D eigenvalue weighted by molar-refractivity contribution is 6.31. The van der Waals surface area contributed by atoms with Crippen LogP contribution in [0, 0.1) is 0 Å². The molecule has 2 amide bonds. The van der Waals surface area contributed by atoms with Crippen molar-refractivity contribution in [1.29, 1.82) is 0 Å². The Balaban J connectivity index is 1.55. The molecule has 3 aromatic rings. The number of anilines is 1. The van der Waals surface area contributed by atoms with E-state index in [2.05, 4.69) is 15.6 Å². The number of carbonyl (C=O) groups excluding carboxylic acids is 2. The van der Waals surface area contributed by atoms with Crippen molar-refractivity contribution in [1.82, 2.24) is 10.3 Å². The number of aromatic nitrogens is 1. The Morgan fingerprint density at radius 3 is 2.61 bits per heavy atom. The van der Waals surface area contributed by atoms with E-state index in [0.29, 0.717) is 16.3 Å². The molecule has 0 aliphatic rings. The largest absolute Gasteiger partial charge is 0.343 e. The lowest BCUT2D eigenvalue weighted by Gasteiger charge is -2.08. The van der Waals surface area contributed by atoms with Gasteiger partial charge in [-0.3, -0.25) is 14.6 Å². The molecular weight excluding hydrogens is 374 g/mol. The molecule has 0 bridgehead atoms. The fourth-order valence-electron chi connectivity index (χ4n) is 2.47. The molecule has 140 valence electrons. The average molecular weight is 392 g/mol. The predicted molar refractivity (Wildman–Crippen MR) is 112 cm³/mol. The van der Waals surface area contributed by atoms with Gasteiger partial charge in [0.05, 0.1) is 12.2 Å². The number of amides is 2. The summed E-state index contributed by atoms with van der Waals surface area (Å²) in [7, 11) is 0. The quantitative estimate of drug-likeness (QED) is 0.659. The van der Waals surface area contributed by atoms with E-state index in [4.69, 9.17) is 11.6 Å². The first kappa shape index (κ1) is 19.3. The summed E-state index contributed by atoms with van der Waals surface area (Å²) in [6.45, 7) is -0.140. The molecule has 2 N–H and O–H groups in total. The van der Waals surface area contributed by atoms with E-state index in [0.717, 1.165) is 11.3 Å². The number of hydrogen-bond donors (Lipinski definition) is 2. The van der Waals surface area contributed by atoms with Gasteiger partial charge >= 0.3 is 0 Å². The maximum atomic E-state index is 12.1. The van der Waals surface area contributed by atoms with Gasteiger partial charge in [0.15, 0.2) is 0 Å². The zero-order valence-electron chi connectivity index (χ0n) is 14.9. The Kier molecular flexibility index (Phi) is 6.54. The van der Waals surface area contributed by atoms with Crippen molar-refractivity contribution in [2.45, 2.75) is 0 Å². The molecule has 0 aliphatic carbocycles. The number of nitrogens with one attached hydrogen (secondary N) is 2. The first-order valence-corrected chi connectivity index (χ1v) is 9.01. The lowest BCUT2D eigenvalue weighted by Crippen LogP contribution is -2.32. The van der Waals surface area contributed by atoms with Crippen LogP contribution in [0.25, 0.3) is 12.2 Å². The third kappa shape index (κ3) is 5.79. The van der Waals surface area contributed by atoms with Gasteiger partial charge in [-0.25, -0.2) is 0 Å². The summed E-state index contributed by atoms with van der Waals surface area (Å²) < 4.78 is 0. The summed E-state index contributed by atoms with van der Waals surface area (Å²) in [5, 5.41) is 5.81. The maximum absolute atomic E-state index is 12.1. The van der Waals surface area contributed by atoms with E-state index in [-0.39, 0.29) is 18.4 Å². The summed E-state index contributed by atoms with van der Waals surface area (Å²) in [6.07, 6.45) is 5.54. The number of hydrogen-bond acceptors (Lipinski definition) is 3. The Labute approximate surface area is 168 Å². The minimum Gasteiger partial charge on any atom is -0.343 e. The number of rotatable bonds is 6.